The number of hydrogen-bond acceptors (Lipinski definition) is 20. The number of ketones is 3. The summed E-state index contributed by atoms with van der Waals surface area (Å²) in [6.07, 6.45) is 5.50. The third-order valence-electron chi connectivity index (χ3n) is 23.9. The molecule has 3 aromatic heterocycles. The summed E-state index contributed by atoms with van der Waals surface area (Å²) in [5.41, 5.74) is 20.5. The fourth-order valence-corrected chi connectivity index (χ4v) is 17.4. The van der Waals surface area contributed by atoms with Crippen LogP contribution < -0.4 is 59.7 Å². The minimum atomic E-state index is -1.70. The van der Waals surface area contributed by atoms with E-state index >= 15 is 28.8 Å². The van der Waals surface area contributed by atoms with Crippen molar-refractivity contribution < 1.29 is 81.5 Å². The SMILES string of the molecule is CCCC[C@H]1C(=O)N(C)[C@@H](CCCC)C(=O)C[C@@H](CCCNC(=N)N)C(=O)N[C@H](C(=O)CCC(N)=O)CSCC(=O)N[C@@H](Cc2ccccc2)C(=O)N(C)[C@@H](C)C(=O)N[C@@H](CC(N)=O)C(=O)N2CCCC2C(=O)C[C@@H](Cc2cnc[nH]2)C(=O)N[C@@H](CC(C)C)C(=O)N(C)CC(=O)N[C@@H](Cc2c[nH]c3ccccc23)C(=O)N[C@@H](C)C(=O)N[C@@H](Cc2c[nH]c3ccccc23)C(=O)N1C. The van der Waals surface area contributed by atoms with E-state index in [2.05, 4.69) is 62.5 Å². The Bertz CT molecular complexity index is 5020. The van der Waals surface area contributed by atoms with E-state index < -0.39 is 223 Å². The number of carbonyl (C=O) groups is 17. The zero-order chi connectivity index (χ0) is 95.9. The van der Waals surface area contributed by atoms with Crippen molar-refractivity contribution >= 4 is 140 Å². The van der Waals surface area contributed by atoms with E-state index in [1.165, 1.54) is 69.3 Å². The van der Waals surface area contributed by atoms with Gasteiger partial charge in [0.05, 0.1) is 49.1 Å². The van der Waals surface area contributed by atoms with Gasteiger partial charge in [-0.1, -0.05) is 120 Å². The summed E-state index contributed by atoms with van der Waals surface area (Å²) < 4.78 is 0. The van der Waals surface area contributed by atoms with Gasteiger partial charge in [0.25, 0.3) is 0 Å². The monoisotopic (exact) mass is 1830 g/mol. The molecule has 2 saturated heterocycles. The van der Waals surface area contributed by atoms with Crippen molar-refractivity contribution in [1.82, 2.24) is 87.0 Å². The van der Waals surface area contributed by atoms with Crippen molar-refractivity contribution in [2.45, 2.75) is 236 Å². The van der Waals surface area contributed by atoms with Crippen LogP contribution in [0.25, 0.3) is 21.8 Å². The number of aromatic amines is 3. The highest BCUT2D eigenvalue weighted by Crippen LogP contribution is 2.29. The van der Waals surface area contributed by atoms with E-state index in [1.54, 1.807) is 74.8 Å². The van der Waals surface area contributed by atoms with Crippen LogP contribution in [0.1, 0.15) is 167 Å². The van der Waals surface area contributed by atoms with Crippen LogP contribution in [-0.4, -0.2) is 276 Å². The molecule has 18 N–H and O–H groups in total. The summed E-state index contributed by atoms with van der Waals surface area (Å²) in [5.74, 6) is -17.1. The lowest BCUT2D eigenvalue weighted by Gasteiger charge is -2.36. The smallest absolute Gasteiger partial charge is 0.246 e. The van der Waals surface area contributed by atoms with Crippen LogP contribution in [0.15, 0.2) is 104 Å². The van der Waals surface area contributed by atoms with Crippen molar-refractivity contribution in [3.05, 3.63) is 126 Å². The van der Waals surface area contributed by atoms with Crippen LogP contribution in [0.3, 0.4) is 0 Å². The molecule has 2 aliphatic rings. The Hall–Kier alpha value is -12.8. The van der Waals surface area contributed by atoms with Gasteiger partial charge in [-0.25, -0.2) is 4.98 Å². The predicted molar refractivity (Wildman–Crippen MR) is 492 cm³/mol. The normalized spacial score (nSPS) is 23.7. The van der Waals surface area contributed by atoms with Crippen LogP contribution in [0, 0.1) is 23.2 Å². The number of unbranched alkanes of at least 4 members (excludes halogenated alkanes) is 2. The Labute approximate surface area is 766 Å². The van der Waals surface area contributed by atoms with Crippen LogP contribution in [-0.2, 0) is 107 Å². The Kier molecular flexibility index (Phi) is 39.8. The Balaban J connectivity index is 1.17. The number of guanidine groups is 1. The molecular formula is C92H129N21O17S. The van der Waals surface area contributed by atoms with Crippen LogP contribution in [0.4, 0.5) is 0 Å². The largest absolute Gasteiger partial charge is 0.370 e. The molecule has 0 radical (unpaired) electrons. The summed E-state index contributed by atoms with van der Waals surface area (Å²) in [5, 5.41) is 31.2. The van der Waals surface area contributed by atoms with Crippen molar-refractivity contribution in [1.29, 1.82) is 5.41 Å². The van der Waals surface area contributed by atoms with E-state index in [0.29, 0.717) is 69.9 Å². The maximum absolute atomic E-state index is 15.7. The zero-order valence-electron chi connectivity index (χ0n) is 76.3. The van der Waals surface area contributed by atoms with Crippen LogP contribution in [0.5, 0.6) is 0 Å². The highest BCUT2D eigenvalue weighted by Gasteiger charge is 2.44. The van der Waals surface area contributed by atoms with Crippen molar-refractivity contribution in [3.63, 3.8) is 0 Å². The molecule has 2 aliphatic heterocycles. The highest BCUT2D eigenvalue weighted by atomic mass is 32.2. The third-order valence-corrected chi connectivity index (χ3v) is 25.0. The molecule has 0 aliphatic carbocycles. The number of para-hydroxylation sites is 2. The van der Waals surface area contributed by atoms with E-state index in [1.807, 2.05) is 44.2 Å². The lowest BCUT2D eigenvalue weighted by molar-refractivity contribution is -0.149. The van der Waals surface area contributed by atoms with Gasteiger partial charge in [-0.05, 0) is 93.5 Å². The number of fused-ring (bicyclic) bond motifs is 3. The van der Waals surface area contributed by atoms with Gasteiger partial charge in [0.2, 0.25) is 82.7 Å². The van der Waals surface area contributed by atoms with E-state index in [4.69, 9.17) is 22.6 Å². The first kappa shape index (κ1) is 104. The number of Topliss-reactive ketones (excluding diaryl/α,β-unsaturated/α-hetero) is 3. The number of hydrogen-bond donors (Lipinski definition) is 15. The molecule has 131 heavy (non-hydrogen) atoms. The first-order chi connectivity index (χ1) is 62.4. The molecule has 0 bridgehead atoms. The first-order valence-corrected chi connectivity index (χ1v) is 45.9. The number of H-pyrrole nitrogens is 3. The molecule has 38 nitrogen and oxygen atoms in total. The molecule has 5 heterocycles. The molecule has 2 fully saturated rings. The second kappa shape index (κ2) is 50.4. The number of likely N-dealkylation sites (N-methyl/N-ethyl adjacent to an activating group) is 4. The van der Waals surface area contributed by atoms with Gasteiger partial charge in [0, 0.05) is 150 Å². The standard InChI is InChI=1S/C92H129N21O17S/c1-11-13-31-72-76(115)43-57(26-22-36-98-92(95)96)84(123)108-71(75(114)34-35-78(93)117)50-131-51-81(120)104-68(39-56-24-16-15-17-25-56)88(127)110(8)55(6)83(122)106-70(45-79(94)118)90(129)113-37-23-33-73(113)77(116)44-58(40-61-48-97-52-101-61)85(124)107-67(38-53(3)4)87(126)109(7)49-80(119)103-66(41-59-46-99-64-29-20-18-27-62(59)64)86(125)102-54(5)82(121)105-69(42-60-47-100-65-30-21-19-28-63(60)65)89(128)112(10)74(32-14-12-2)91(130)111(72)9/h15-21,24-25,27-30,46-48,52-55,57-58,66-74,99-100H,11-14,22-23,26,31-45,49-51H2,1-10H3,(H2,93,117)(H2,94,118)(H,97,101)(H,102,125)(H,103,119)(H,104,120)(H,105,121)(H,106,122)(H,107,124)(H,108,123)(H4,95,96,98)/t54-,55-,57+,58+,66-,67-,68-,69-,70-,71-,72-,73?,74-/m0/s1. The quantitative estimate of drug-likeness (QED) is 0.0210. The van der Waals surface area contributed by atoms with Crippen molar-refractivity contribution in [2.75, 3.05) is 59.3 Å². The van der Waals surface area contributed by atoms with Gasteiger partial charge in [-0.3, -0.25) is 86.9 Å². The molecule has 8 rings (SSSR count). The molecule has 3 aromatic carbocycles. The van der Waals surface area contributed by atoms with E-state index in [0.717, 1.165) is 21.6 Å². The number of carbonyl (C=O) groups excluding carboxylic acids is 17. The van der Waals surface area contributed by atoms with Gasteiger partial charge >= 0.3 is 0 Å². The number of nitrogens with two attached hydrogens (primary N) is 3. The minimum Gasteiger partial charge on any atom is -0.370 e. The number of primary amides is 2. The highest BCUT2D eigenvalue weighted by molar-refractivity contribution is 8.00. The Morgan fingerprint density at radius 3 is 1.73 bits per heavy atom. The maximum atomic E-state index is 15.7. The predicted octanol–water partition coefficient (Wildman–Crippen LogP) is 2.30. The number of amides is 14. The zero-order valence-corrected chi connectivity index (χ0v) is 77.2. The summed E-state index contributed by atoms with van der Waals surface area (Å²) in [6, 6.07) is 7.72. The topological polar surface area (TPSA) is 565 Å². The number of thioether (sulfide) groups is 1. The Morgan fingerprint density at radius 2 is 1.12 bits per heavy atom. The molecule has 1 unspecified atom stereocenters. The van der Waals surface area contributed by atoms with E-state index in [-0.39, 0.29) is 101 Å². The fourth-order valence-electron chi connectivity index (χ4n) is 16.5. The maximum Gasteiger partial charge on any atom is 0.246 e. The first-order valence-electron chi connectivity index (χ1n) is 44.8. The van der Waals surface area contributed by atoms with Gasteiger partial charge in [-0.2, -0.15) is 0 Å². The summed E-state index contributed by atoms with van der Waals surface area (Å²) in [6.45, 7) is 9.45. The fraction of sp³-hybridized carbons (Fsp3) is 0.533. The molecule has 6 aromatic rings. The van der Waals surface area contributed by atoms with E-state index in [9.17, 15) is 52.7 Å². The van der Waals surface area contributed by atoms with Crippen molar-refractivity contribution in [2.24, 2.45) is 35.0 Å². The molecule has 0 saturated carbocycles. The Morgan fingerprint density at radius 1 is 0.550 bits per heavy atom. The molecule has 14 amide bonds. The second-order valence-corrected chi connectivity index (χ2v) is 35.5. The molecular weight excluding hydrogens is 1700 g/mol. The number of aromatic nitrogens is 4. The summed E-state index contributed by atoms with van der Waals surface area (Å²) in [4.78, 5) is 268. The number of nitrogens with zero attached hydrogens (tertiary/aromatic N) is 6. The van der Waals surface area contributed by atoms with Crippen LogP contribution >= 0.6 is 11.8 Å². The number of benzene rings is 3. The summed E-state index contributed by atoms with van der Waals surface area (Å²) in [7, 11) is 5.46. The molecule has 39 heteroatoms. The number of rotatable bonds is 26. The minimum absolute atomic E-state index is 0.0295. The molecule has 13 atom stereocenters. The molecule has 710 valence electrons. The molecule has 0 spiro atoms. The van der Waals surface area contributed by atoms with Gasteiger partial charge in [0.1, 0.15) is 48.3 Å². The van der Waals surface area contributed by atoms with Crippen molar-refractivity contribution in [3.8, 4) is 0 Å². The second-order valence-electron chi connectivity index (χ2n) is 34.5. The van der Waals surface area contributed by atoms with Gasteiger partial charge in [-0.15, -0.1) is 11.8 Å². The van der Waals surface area contributed by atoms with Gasteiger partial charge in [0.15, 0.2) is 23.3 Å². The number of imidazole rings is 1. The average molecular weight is 1830 g/mol. The average Bonchev–Trinajstić information content (AvgIpc) is 1.68. The third kappa shape index (κ3) is 30.4. The van der Waals surface area contributed by atoms with Gasteiger partial charge < -0.3 is 99.2 Å². The number of nitrogens with one attached hydrogen (secondary N) is 12. The lowest BCUT2D eigenvalue weighted by atomic mass is 9.90. The van der Waals surface area contributed by atoms with Crippen LogP contribution in [0.2, 0.25) is 0 Å². The summed E-state index contributed by atoms with van der Waals surface area (Å²) >= 11 is 0.868. The lowest BCUT2D eigenvalue weighted by Crippen LogP contribution is -2.59.